The summed E-state index contributed by atoms with van der Waals surface area (Å²) < 4.78 is 1.69. The topological polar surface area (TPSA) is 87.9 Å². The van der Waals surface area contributed by atoms with Gasteiger partial charge in [0.2, 0.25) is 11.9 Å². The number of para-hydroxylation sites is 1. The molecule has 1 unspecified atom stereocenters. The lowest BCUT2D eigenvalue weighted by molar-refractivity contribution is -0.133. The summed E-state index contributed by atoms with van der Waals surface area (Å²) in [5.74, 6) is 0.245. The predicted molar refractivity (Wildman–Crippen MR) is 81.5 cm³/mol. The van der Waals surface area contributed by atoms with Gasteiger partial charge in [0.1, 0.15) is 17.6 Å². The van der Waals surface area contributed by atoms with E-state index in [9.17, 15) is 4.79 Å². The summed E-state index contributed by atoms with van der Waals surface area (Å²) in [5, 5.41) is 9.13. The zero-order valence-corrected chi connectivity index (χ0v) is 12.5. The van der Waals surface area contributed by atoms with Crippen molar-refractivity contribution in [2.75, 3.05) is 18.8 Å². The fourth-order valence-corrected chi connectivity index (χ4v) is 2.54. The molecular formula is C15H19N5O. The van der Waals surface area contributed by atoms with Crippen molar-refractivity contribution in [3.8, 4) is 6.07 Å². The van der Waals surface area contributed by atoms with Crippen molar-refractivity contribution in [2.45, 2.75) is 26.8 Å². The molecule has 110 valence electrons. The number of nitriles is 1. The lowest BCUT2D eigenvalue weighted by Gasteiger charge is -2.24. The number of aromatic nitrogens is 2. The Morgan fingerprint density at radius 1 is 1.48 bits per heavy atom. The number of nitrogens with two attached hydrogens (primary N) is 1. The highest BCUT2D eigenvalue weighted by Gasteiger charge is 2.24. The Morgan fingerprint density at radius 3 is 2.71 bits per heavy atom. The van der Waals surface area contributed by atoms with Gasteiger partial charge in [0, 0.05) is 13.1 Å². The van der Waals surface area contributed by atoms with Crippen LogP contribution in [0.5, 0.6) is 0 Å². The Bertz CT molecular complexity index is 709. The third-order valence-corrected chi connectivity index (χ3v) is 3.69. The van der Waals surface area contributed by atoms with E-state index in [2.05, 4.69) is 11.1 Å². The molecule has 2 aromatic rings. The summed E-state index contributed by atoms with van der Waals surface area (Å²) in [6.45, 7) is 6.98. The maximum Gasteiger partial charge on any atom is 0.245 e. The van der Waals surface area contributed by atoms with Gasteiger partial charge < -0.3 is 10.6 Å². The summed E-state index contributed by atoms with van der Waals surface area (Å²) in [6.07, 6.45) is 0. The first-order chi connectivity index (χ1) is 10.0. The Balaban J connectivity index is 2.54. The van der Waals surface area contributed by atoms with E-state index in [0.717, 1.165) is 0 Å². The van der Waals surface area contributed by atoms with Gasteiger partial charge in [-0.15, -0.1) is 0 Å². The number of benzene rings is 1. The monoisotopic (exact) mass is 285 g/mol. The largest absolute Gasteiger partial charge is 0.369 e. The molecule has 2 rings (SSSR count). The van der Waals surface area contributed by atoms with Crippen molar-refractivity contribution in [1.29, 1.82) is 5.26 Å². The van der Waals surface area contributed by atoms with Crippen molar-refractivity contribution >= 4 is 22.9 Å². The van der Waals surface area contributed by atoms with E-state index in [1.165, 1.54) is 0 Å². The van der Waals surface area contributed by atoms with Gasteiger partial charge in [0.25, 0.3) is 0 Å². The first-order valence-corrected chi connectivity index (χ1v) is 7.00. The zero-order chi connectivity index (χ0) is 15.6. The molecule has 0 aliphatic heterocycles. The van der Waals surface area contributed by atoms with E-state index in [0.29, 0.717) is 29.7 Å². The fourth-order valence-electron chi connectivity index (χ4n) is 2.54. The van der Waals surface area contributed by atoms with Crippen LogP contribution in [-0.2, 0) is 4.79 Å². The number of amides is 1. The Hall–Kier alpha value is -2.55. The maximum absolute atomic E-state index is 12.5. The van der Waals surface area contributed by atoms with Crippen LogP contribution in [0.25, 0.3) is 11.0 Å². The minimum absolute atomic E-state index is 0.00615. The third kappa shape index (κ3) is 2.42. The highest BCUT2D eigenvalue weighted by molar-refractivity contribution is 5.88. The van der Waals surface area contributed by atoms with Crippen LogP contribution in [0.2, 0.25) is 0 Å². The first-order valence-electron chi connectivity index (χ1n) is 7.00. The number of imidazole rings is 1. The molecule has 0 saturated carbocycles. The number of likely N-dealkylation sites (N-methyl/N-ethyl adjacent to an activating group) is 1. The number of carbonyl (C=O) groups excluding carboxylic acids is 1. The van der Waals surface area contributed by atoms with Gasteiger partial charge in [-0.3, -0.25) is 9.36 Å². The number of hydrogen-bond acceptors (Lipinski definition) is 4. The molecule has 1 amide bonds. The highest BCUT2D eigenvalue weighted by Crippen LogP contribution is 2.26. The lowest BCUT2D eigenvalue weighted by atomic mass is 10.2. The molecule has 0 saturated heterocycles. The van der Waals surface area contributed by atoms with Crippen LogP contribution in [-0.4, -0.2) is 33.4 Å². The number of rotatable bonds is 4. The molecule has 0 spiro atoms. The standard InChI is InChI=1S/C15H19N5O/c1-4-19(5-2)14(21)10(3)20-12-8-6-7-11(9-16)13(12)18-15(20)17/h6-8,10H,4-5H2,1-3H3,(H2,17,18). The second-order valence-electron chi connectivity index (χ2n) is 4.81. The van der Waals surface area contributed by atoms with Crippen molar-refractivity contribution in [3.05, 3.63) is 23.8 Å². The molecule has 0 bridgehead atoms. The summed E-state index contributed by atoms with van der Waals surface area (Å²) in [4.78, 5) is 18.5. The molecule has 1 atom stereocenters. The fraction of sp³-hybridized carbons (Fsp3) is 0.400. The van der Waals surface area contributed by atoms with Crippen LogP contribution in [0.3, 0.4) is 0 Å². The minimum atomic E-state index is -0.455. The SMILES string of the molecule is CCN(CC)C(=O)C(C)n1c(N)nc2c(C#N)cccc21. The average Bonchev–Trinajstić information content (AvgIpc) is 2.83. The first kappa shape index (κ1) is 14.9. The molecule has 6 heteroatoms. The molecule has 0 aliphatic carbocycles. The molecule has 21 heavy (non-hydrogen) atoms. The van der Waals surface area contributed by atoms with Crippen LogP contribution < -0.4 is 5.73 Å². The number of nitrogens with zero attached hydrogens (tertiary/aromatic N) is 4. The Labute approximate surface area is 123 Å². The summed E-state index contributed by atoms with van der Waals surface area (Å²) >= 11 is 0. The van der Waals surface area contributed by atoms with Crippen molar-refractivity contribution < 1.29 is 4.79 Å². The second-order valence-corrected chi connectivity index (χ2v) is 4.81. The van der Waals surface area contributed by atoms with E-state index < -0.39 is 6.04 Å². The summed E-state index contributed by atoms with van der Waals surface area (Å²) in [6, 6.07) is 6.93. The number of nitrogen functional groups attached to an aromatic ring is 1. The molecule has 6 nitrogen and oxygen atoms in total. The number of carbonyl (C=O) groups is 1. The second kappa shape index (κ2) is 5.83. The van der Waals surface area contributed by atoms with Crippen molar-refractivity contribution in [3.63, 3.8) is 0 Å². The average molecular weight is 285 g/mol. The summed E-state index contributed by atoms with van der Waals surface area (Å²) in [5.41, 5.74) is 7.68. The van der Waals surface area contributed by atoms with E-state index in [1.54, 1.807) is 28.5 Å². The molecule has 2 N–H and O–H groups in total. The van der Waals surface area contributed by atoms with Gasteiger partial charge >= 0.3 is 0 Å². The van der Waals surface area contributed by atoms with Crippen LogP contribution in [0.4, 0.5) is 5.95 Å². The molecule has 1 aromatic heterocycles. The van der Waals surface area contributed by atoms with Gasteiger partial charge in [-0.1, -0.05) is 6.07 Å². The van der Waals surface area contributed by atoms with E-state index in [1.807, 2.05) is 19.9 Å². The molecule has 0 radical (unpaired) electrons. The molecule has 1 heterocycles. The lowest BCUT2D eigenvalue weighted by Crippen LogP contribution is -2.36. The highest BCUT2D eigenvalue weighted by atomic mass is 16.2. The van der Waals surface area contributed by atoms with Gasteiger partial charge in [0.05, 0.1) is 11.1 Å². The molecule has 0 aliphatic rings. The van der Waals surface area contributed by atoms with Crippen LogP contribution in [0, 0.1) is 11.3 Å². The summed E-state index contributed by atoms with van der Waals surface area (Å²) in [7, 11) is 0. The van der Waals surface area contributed by atoms with Gasteiger partial charge in [-0.2, -0.15) is 5.26 Å². The quantitative estimate of drug-likeness (QED) is 0.929. The van der Waals surface area contributed by atoms with Crippen molar-refractivity contribution in [2.24, 2.45) is 0 Å². The van der Waals surface area contributed by atoms with Crippen molar-refractivity contribution in [1.82, 2.24) is 14.5 Å². The molecule has 0 fully saturated rings. The van der Waals surface area contributed by atoms with Crippen LogP contribution in [0.15, 0.2) is 18.2 Å². The normalized spacial score (nSPS) is 12.1. The number of anilines is 1. The van der Waals surface area contributed by atoms with E-state index >= 15 is 0 Å². The van der Waals surface area contributed by atoms with E-state index in [4.69, 9.17) is 11.0 Å². The minimum Gasteiger partial charge on any atom is -0.369 e. The zero-order valence-electron chi connectivity index (χ0n) is 12.5. The Morgan fingerprint density at radius 2 is 2.14 bits per heavy atom. The van der Waals surface area contributed by atoms with Crippen LogP contribution >= 0.6 is 0 Å². The maximum atomic E-state index is 12.5. The Kier molecular flexibility index (Phi) is 4.13. The third-order valence-electron chi connectivity index (χ3n) is 3.69. The number of fused-ring (bicyclic) bond motifs is 1. The van der Waals surface area contributed by atoms with Gasteiger partial charge in [-0.05, 0) is 32.9 Å². The van der Waals surface area contributed by atoms with Gasteiger partial charge in [0.15, 0.2) is 0 Å². The molecule has 1 aromatic carbocycles. The molecular weight excluding hydrogens is 266 g/mol. The predicted octanol–water partition coefficient (Wildman–Crippen LogP) is 1.92. The van der Waals surface area contributed by atoms with Gasteiger partial charge in [-0.25, -0.2) is 4.98 Å². The van der Waals surface area contributed by atoms with Crippen LogP contribution in [0.1, 0.15) is 32.4 Å². The smallest absolute Gasteiger partial charge is 0.245 e. The number of hydrogen-bond donors (Lipinski definition) is 1. The van der Waals surface area contributed by atoms with E-state index in [-0.39, 0.29) is 11.9 Å².